The Labute approximate surface area is 183 Å². The third-order valence-electron chi connectivity index (χ3n) is 5.44. The van der Waals surface area contributed by atoms with Crippen molar-refractivity contribution < 1.29 is 9.47 Å². The van der Waals surface area contributed by atoms with Crippen LogP contribution in [0.25, 0.3) is 0 Å². The second kappa shape index (κ2) is 12.4. The van der Waals surface area contributed by atoms with Crippen molar-refractivity contribution in [3.63, 3.8) is 0 Å². The van der Waals surface area contributed by atoms with Gasteiger partial charge >= 0.3 is 0 Å². The first-order valence-electron chi connectivity index (χ1n) is 10.3. The van der Waals surface area contributed by atoms with Gasteiger partial charge in [-0.25, -0.2) is 0 Å². The predicted octanol–water partition coefficient (Wildman–Crippen LogP) is 2.72. The van der Waals surface area contributed by atoms with E-state index in [2.05, 4.69) is 48.2 Å². The Morgan fingerprint density at radius 1 is 1.19 bits per heavy atom. The van der Waals surface area contributed by atoms with Crippen LogP contribution in [0, 0.1) is 11.3 Å². The summed E-state index contributed by atoms with van der Waals surface area (Å²) in [4.78, 5) is 7.00. The quantitative estimate of drug-likeness (QED) is 0.323. The van der Waals surface area contributed by atoms with E-state index >= 15 is 0 Å². The number of aliphatic imine (C=N–C) groups is 1. The van der Waals surface area contributed by atoms with Crippen LogP contribution in [0.5, 0.6) is 0 Å². The molecule has 160 valence electrons. The number of nitrogens with zero attached hydrogens (tertiary/aromatic N) is 2. The van der Waals surface area contributed by atoms with Crippen LogP contribution in [-0.2, 0) is 9.47 Å². The highest BCUT2D eigenvalue weighted by atomic mass is 127. The van der Waals surface area contributed by atoms with Gasteiger partial charge in [-0.2, -0.15) is 0 Å². The van der Waals surface area contributed by atoms with Crippen LogP contribution < -0.4 is 10.6 Å². The average Bonchev–Trinajstić information content (AvgIpc) is 3.14. The van der Waals surface area contributed by atoms with Gasteiger partial charge in [0.1, 0.15) is 0 Å². The van der Waals surface area contributed by atoms with Crippen molar-refractivity contribution in [1.82, 2.24) is 15.5 Å². The van der Waals surface area contributed by atoms with E-state index in [0.29, 0.717) is 23.4 Å². The number of guanidine groups is 1. The van der Waals surface area contributed by atoms with E-state index in [4.69, 9.17) is 9.47 Å². The molecule has 0 aromatic carbocycles. The second-order valence-corrected chi connectivity index (χ2v) is 8.94. The smallest absolute Gasteiger partial charge is 0.191 e. The highest BCUT2D eigenvalue weighted by molar-refractivity contribution is 14.0. The molecule has 2 aliphatic heterocycles. The molecule has 0 aromatic heterocycles. The molecule has 2 saturated heterocycles. The fourth-order valence-corrected chi connectivity index (χ4v) is 3.71. The van der Waals surface area contributed by atoms with Crippen LogP contribution in [0.3, 0.4) is 0 Å². The Bertz CT molecular complexity index is 430. The van der Waals surface area contributed by atoms with Crippen LogP contribution in [-0.4, -0.2) is 76.1 Å². The van der Waals surface area contributed by atoms with Gasteiger partial charge in [0.2, 0.25) is 0 Å². The SMILES string of the molecule is CN=C(NCC(C1CCOC1)N1CCOCC1)NC(C)CCC(C)(C)C.I. The van der Waals surface area contributed by atoms with Crippen LogP contribution in [0.2, 0.25) is 0 Å². The van der Waals surface area contributed by atoms with E-state index in [0.717, 1.165) is 64.9 Å². The minimum atomic E-state index is 0. The minimum Gasteiger partial charge on any atom is -0.381 e. The van der Waals surface area contributed by atoms with Crippen LogP contribution in [0.4, 0.5) is 0 Å². The normalized spacial score (nSPS) is 24.2. The molecule has 0 spiro atoms. The lowest BCUT2D eigenvalue weighted by molar-refractivity contribution is 0.00246. The van der Waals surface area contributed by atoms with Crippen molar-refractivity contribution in [1.29, 1.82) is 0 Å². The molecule has 2 fully saturated rings. The third-order valence-corrected chi connectivity index (χ3v) is 5.44. The molecule has 2 rings (SSSR count). The number of ether oxygens (including phenoxy) is 2. The molecule has 0 aliphatic carbocycles. The highest BCUT2D eigenvalue weighted by Gasteiger charge is 2.31. The van der Waals surface area contributed by atoms with Gasteiger partial charge in [-0.3, -0.25) is 9.89 Å². The lowest BCUT2D eigenvalue weighted by Gasteiger charge is -2.37. The van der Waals surface area contributed by atoms with Crippen molar-refractivity contribution >= 4 is 29.9 Å². The van der Waals surface area contributed by atoms with Crippen molar-refractivity contribution in [2.75, 3.05) is 53.1 Å². The second-order valence-electron chi connectivity index (χ2n) is 8.94. The Kier molecular flexibility index (Phi) is 11.5. The van der Waals surface area contributed by atoms with Gasteiger partial charge in [-0.05, 0) is 31.6 Å². The van der Waals surface area contributed by atoms with Gasteiger partial charge in [0.15, 0.2) is 5.96 Å². The van der Waals surface area contributed by atoms with E-state index in [-0.39, 0.29) is 24.0 Å². The number of morpholine rings is 1. The van der Waals surface area contributed by atoms with E-state index in [1.165, 1.54) is 6.42 Å². The summed E-state index contributed by atoms with van der Waals surface area (Å²) in [5.41, 5.74) is 0.372. The summed E-state index contributed by atoms with van der Waals surface area (Å²) in [7, 11) is 1.86. The summed E-state index contributed by atoms with van der Waals surface area (Å²) in [6.45, 7) is 15.5. The van der Waals surface area contributed by atoms with Crippen LogP contribution in [0.15, 0.2) is 4.99 Å². The maximum absolute atomic E-state index is 5.66. The van der Waals surface area contributed by atoms with Crippen molar-refractivity contribution in [2.45, 2.75) is 59.0 Å². The molecule has 6 nitrogen and oxygen atoms in total. The molecule has 0 amide bonds. The van der Waals surface area contributed by atoms with E-state index in [1.54, 1.807) is 0 Å². The Morgan fingerprint density at radius 2 is 1.89 bits per heavy atom. The molecule has 0 bridgehead atoms. The molecular formula is C20H41IN4O2. The summed E-state index contributed by atoms with van der Waals surface area (Å²) < 4.78 is 11.2. The summed E-state index contributed by atoms with van der Waals surface area (Å²) >= 11 is 0. The van der Waals surface area contributed by atoms with E-state index in [1.807, 2.05) is 7.05 Å². The molecule has 3 unspecified atom stereocenters. The standard InChI is InChI=1S/C20H40N4O2.HI/c1-16(6-8-20(2,3)4)23-19(21-5)22-14-18(17-7-11-26-15-17)24-9-12-25-13-10-24;/h16-18H,6-15H2,1-5H3,(H2,21,22,23);1H. The molecule has 2 N–H and O–H groups in total. The zero-order valence-corrected chi connectivity index (χ0v) is 20.3. The van der Waals surface area contributed by atoms with Gasteiger partial charge in [0, 0.05) is 51.3 Å². The molecule has 27 heavy (non-hydrogen) atoms. The van der Waals surface area contributed by atoms with Crippen molar-refractivity contribution in [3.8, 4) is 0 Å². The van der Waals surface area contributed by atoms with E-state index < -0.39 is 0 Å². The Morgan fingerprint density at radius 3 is 2.44 bits per heavy atom. The monoisotopic (exact) mass is 496 g/mol. The number of hydrogen-bond acceptors (Lipinski definition) is 4. The Balaban J connectivity index is 0.00000364. The number of hydrogen-bond donors (Lipinski definition) is 2. The minimum absolute atomic E-state index is 0. The van der Waals surface area contributed by atoms with Crippen LogP contribution >= 0.6 is 24.0 Å². The number of rotatable bonds is 7. The molecule has 0 saturated carbocycles. The van der Waals surface area contributed by atoms with E-state index in [9.17, 15) is 0 Å². The topological polar surface area (TPSA) is 58.1 Å². The van der Waals surface area contributed by atoms with Gasteiger partial charge in [0.05, 0.1) is 19.8 Å². The fraction of sp³-hybridized carbons (Fsp3) is 0.950. The van der Waals surface area contributed by atoms with Crippen molar-refractivity contribution in [2.24, 2.45) is 16.3 Å². The third kappa shape index (κ3) is 9.28. The van der Waals surface area contributed by atoms with Gasteiger partial charge in [-0.15, -0.1) is 24.0 Å². The Hall–Kier alpha value is -0.120. The lowest BCUT2D eigenvalue weighted by atomic mass is 9.89. The first-order valence-corrected chi connectivity index (χ1v) is 10.3. The lowest BCUT2D eigenvalue weighted by Crippen LogP contribution is -2.54. The summed E-state index contributed by atoms with van der Waals surface area (Å²) in [6.07, 6.45) is 3.50. The summed E-state index contributed by atoms with van der Waals surface area (Å²) in [5, 5.41) is 7.13. The van der Waals surface area contributed by atoms with Crippen LogP contribution in [0.1, 0.15) is 47.0 Å². The average molecular weight is 496 g/mol. The largest absolute Gasteiger partial charge is 0.381 e. The van der Waals surface area contributed by atoms with Gasteiger partial charge in [0.25, 0.3) is 0 Å². The molecule has 7 heteroatoms. The first kappa shape index (κ1) is 24.9. The number of halogens is 1. The summed E-state index contributed by atoms with van der Waals surface area (Å²) in [6, 6.07) is 0.891. The summed E-state index contributed by atoms with van der Waals surface area (Å²) in [5.74, 6) is 1.50. The predicted molar refractivity (Wildman–Crippen MR) is 123 cm³/mol. The van der Waals surface area contributed by atoms with Gasteiger partial charge < -0.3 is 20.1 Å². The fourth-order valence-electron chi connectivity index (χ4n) is 3.71. The maximum atomic E-state index is 5.66. The molecule has 2 heterocycles. The maximum Gasteiger partial charge on any atom is 0.191 e. The molecule has 0 radical (unpaired) electrons. The number of nitrogens with one attached hydrogen (secondary N) is 2. The van der Waals surface area contributed by atoms with Crippen molar-refractivity contribution in [3.05, 3.63) is 0 Å². The highest BCUT2D eigenvalue weighted by Crippen LogP contribution is 2.22. The molecule has 3 atom stereocenters. The molecule has 0 aromatic rings. The molecular weight excluding hydrogens is 455 g/mol. The zero-order valence-electron chi connectivity index (χ0n) is 17.9. The molecule has 2 aliphatic rings. The first-order chi connectivity index (χ1) is 12.4. The van der Waals surface area contributed by atoms with Gasteiger partial charge in [-0.1, -0.05) is 20.8 Å². The zero-order chi connectivity index (χ0) is 19.0.